The zero-order chi connectivity index (χ0) is 17.5. The van der Waals surface area contributed by atoms with Crippen LogP contribution in [0.2, 0.25) is 0 Å². The molecule has 2 aromatic heterocycles. The highest BCUT2D eigenvalue weighted by molar-refractivity contribution is 5.70. The molecule has 0 aromatic carbocycles. The van der Waals surface area contributed by atoms with Crippen LogP contribution in [0.3, 0.4) is 0 Å². The van der Waals surface area contributed by atoms with E-state index in [0.29, 0.717) is 17.7 Å². The maximum Gasteiger partial charge on any atom is 0.165 e. The number of anilines is 3. The monoisotopic (exact) mass is 354 g/mol. The summed E-state index contributed by atoms with van der Waals surface area (Å²) in [6, 6.07) is 4.07. The fraction of sp³-hybridized carbons (Fsp3) is 0.500. The van der Waals surface area contributed by atoms with Crippen LogP contribution in [0.4, 0.5) is 17.5 Å². The molecule has 1 atom stereocenters. The second-order valence-corrected chi connectivity index (χ2v) is 6.87. The number of hydrogen-bond acceptors (Lipinski definition) is 8. The van der Waals surface area contributed by atoms with Crippen molar-refractivity contribution in [3.05, 3.63) is 23.9 Å². The molecule has 3 aliphatic heterocycles. The van der Waals surface area contributed by atoms with Gasteiger partial charge in [-0.1, -0.05) is 0 Å². The van der Waals surface area contributed by atoms with E-state index in [4.69, 9.17) is 25.2 Å². The maximum atomic E-state index is 5.73. The molecule has 3 aliphatic rings. The number of morpholine rings is 2. The van der Waals surface area contributed by atoms with Gasteiger partial charge in [-0.15, -0.1) is 0 Å². The predicted octanol–water partition coefficient (Wildman–Crippen LogP) is 0.719. The van der Waals surface area contributed by atoms with Crippen molar-refractivity contribution in [2.75, 3.05) is 61.6 Å². The van der Waals surface area contributed by atoms with Crippen LogP contribution >= 0.6 is 0 Å². The average Bonchev–Trinajstić information content (AvgIpc) is 3.07. The summed E-state index contributed by atoms with van der Waals surface area (Å²) in [5, 5.41) is 0. The molecule has 2 aromatic rings. The quantitative estimate of drug-likeness (QED) is 0.844. The van der Waals surface area contributed by atoms with Crippen molar-refractivity contribution in [3.8, 4) is 11.4 Å². The van der Waals surface area contributed by atoms with Crippen molar-refractivity contribution in [1.29, 1.82) is 0 Å². The second-order valence-electron chi connectivity index (χ2n) is 6.87. The highest BCUT2D eigenvalue weighted by Gasteiger charge is 2.37. The SMILES string of the molecule is Nc1ccc(-c2nc(N3CCOCC3)c3c(n2)N2CCOC[C@H]2C3)cn1. The standard InChI is InChI=1S/C18H22N6O2/c19-15-2-1-12(10-20-15)16-21-17(23-3-6-25-7-4-23)14-9-13-11-26-8-5-24(13)18(14)22-16/h1-2,10,13H,3-9,11H2,(H2,19,20)/t13-/m1/s1. The number of pyridine rings is 1. The number of rotatable bonds is 2. The average molecular weight is 354 g/mol. The number of hydrogen-bond donors (Lipinski definition) is 1. The summed E-state index contributed by atoms with van der Waals surface area (Å²) in [5.41, 5.74) is 7.85. The number of nitrogens with zero attached hydrogens (tertiary/aromatic N) is 5. The van der Waals surface area contributed by atoms with Gasteiger partial charge in [0.25, 0.3) is 0 Å². The Balaban J connectivity index is 1.62. The van der Waals surface area contributed by atoms with Gasteiger partial charge in [0.05, 0.1) is 32.5 Å². The first-order chi connectivity index (χ1) is 12.8. The highest BCUT2D eigenvalue weighted by Crippen LogP contribution is 2.39. The minimum Gasteiger partial charge on any atom is -0.384 e. The van der Waals surface area contributed by atoms with Crippen molar-refractivity contribution in [1.82, 2.24) is 15.0 Å². The van der Waals surface area contributed by atoms with Gasteiger partial charge >= 0.3 is 0 Å². The highest BCUT2D eigenvalue weighted by atomic mass is 16.5. The first-order valence-electron chi connectivity index (χ1n) is 9.09. The maximum absolute atomic E-state index is 5.73. The molecule has 136 valence electrons. The topological polar surface area (TPSA) is 89.6 Å². The third-order valence-corrected chi connectivity index (χ3v) is 5.26. The lowest BCUT2D eigenvalue weighted by Gasteiger charge is -2.31. The van der Waals surface area contributed by atoms with Gasteiger partial charge in [0.15, 0.2) is 5.82 Å². The van der Waals surface area contributed by atoms with Crippen LogP contribution in [-0.2, 0) is 15.9 Å². The van der Waals surface area contributed by atoms with Crippen LogP contribution < -0.4 is 15.5 Å². The summed E-state index contributed by atoms with van der Waals surface area (Å²) in [6.07, 6.45) is 2.67. The van der Waals surface area contributed by atoms with E-state index < -0.39 is 0 Å². The van der Waals surface area contributed by atoms with E-state index in [-0.39, 0.29) is 0 Å². The minimum absolute atomic E-state index is 0.354. The molecule has 0 unspecified atom stereocenters. The molecule has 0 bridgehead atoms. The molecule has 26 heavy (non-hydrogen) atoms. The molecular weight excluding hydrogens is 332 g/mol. The molecule has 0 saturated carbocycles. The third-order valence-electron chi connectivity index (χ3n) is 5.26. The van der Waals surface area contributed by atoms with Gasteiger partial charge in [0, 0.05) is 43.4 Å². The number of ether oxygens (including phenoxy) is 2. The van der Waals surface area contributed by atoms with E-state index in [9.17, 15) is 0 Å². The summed E-state index contributed by atoms with van der Waals surface area (Å²) in [4.78, 5) is 18.7. The number of nitrogens with two attached hydrogens (primary N) is 1. The van der Waals surface area contributed by atoms with E-state index in [1.165, 1.54) is 5.56 Å². The Kier molecular flexibility index (Phi) is 3.86. The summed E-state index contributed by atoms with van der Waals surface area (Å²) in [7, 11) is 0. The largest absolute Gasteiger partial charge is 0.384 e. The van der Waals surface area contributed by atoms with Crippen molar-refractivity contribution < 1.29 is 9.47 Å². The Bertz CT molecular complexity index is 806. The molecule has 5 heterocycles. The molecule has 0 amide bonds. The van der Waals surface area contributed by atoms with Gasteiger partial charge in [-0.3, -0.25) is 0 Å². The molecule has 0 spiro atoms. The van der Waals surface area contributed by atoms with Crippen LogP contribution in [0, 0.1) is 0 Å². The minimum atomic E-state index is 0.354. The molecule has 5 rings (SSSR count). The van der Waals surface area contributed by atoms with Crippen molar-refractivity contribution in [2.24, 2.45) is 0 Å². The fourth-order valence-electron chi connectivity index (χ4n) is 3.92. The molecule has 8 nitrogen and oxygen atoms in total. The van der Waals surface area contributed by atoms with Gasteiger partial charge in [0.1, 0.15) is 17.5 Å². The van der Waals surface area contributed by atoms with Gasteiger partial charge in [0.2, 0.25) is 0 Å². The van der Waals surface area contributed by atoms with Gasteiger partial charge in [-0.25, -0.2) is 15.0 Å². The molecular formula is C18H22N6O2. The fourth-order valence-corrected chi connectivity index (χ4v) is 3.92. The Morgan fingerprint density at radius 2 is 1.81 bits per heavy atom. The summed E-state index contributed by atoms with van der Waals surface area (Å²) in [6.45, 7) is 5.52. The van der Waals surface area contributed by atoms with Crippen LogP contribution in [0.1, 0.15) is 5.56 Å². The lowest BCUT2D eigenvalue weighted by atomic mass is 10.1. The molecule has 0 aliphatic carbocycles. The molecule has 2 N–H and O–H groups in total. The lowest BCUT2D eigenvalue weighted by Crippen LogP contribution is -2.43. The zero-order valence-electron chi connectivity index (χ0n) is 14.6. The number of fused-ring (bicyclic) bond motifs is 3. The Morgan fingerprint density at radius 3 is 2.62 bits per heavy atom. The van der Waals surface area contributed by atoms with Gasteiger partial charge in [-0.2, -0.15) is 0 Å². The summed E-state index contributed by atoms with van der Waals surface area (Å²) < 4.78 is 11.2. The lowest BCUT2D eigenvalue weighted by molar-refractivity contribution is 0.0973. The molecule has 8 heteroatoms. The molecule has 2 saturated heterocycles. The number of nitrogen functional groups attached to an aromatic ring is 1. The number of aromatic nitrogens is 3. The molecule has 2 fully saturated rings. The van der Waals surface area contributed by atoms with E-state index in [1.54, 1.807) is 12.3 Å². The first kappa shape index (κ1) is 15.8. The Morgan fingerprint density at radius 1 is 1.00 bits per heavy atom. The smallest absolute Gasteiger partial charge is 0.165 e. The van der Waals surface area contributed by atoms with Gasteiger partial charge in [-0.05, 0) is 12.1 Å². The van der Waals surface area contributed by atoms with Crippen LogP contribution in [-0.4, -0.2) is 67.1 Å². The second kappa shape index (κ2) is 6.37. The van der Waals surface area contributed by atoms with Crippen LogP contribution in [0.15, 0.2) is 18.3 Å². The van der Waals surface area contributed by atoms with Gasteiger partial charge < -0.3 is 25.0 Å². The van der Waals surface area contributed by atoms with E-state index >= 15 is 0 Å². The Hall–Kier alpha value is -2.45. The van der Waals surface area contributed by atoms with E-state index in [1.807, 2.05) is 6.07 Å². The van der Waals surface area contributed by atoms with E-state index in [2.05, 4.69) is 14.8 Å². The van der Waals surface area contributed by atoms with Crippen molar-refractivity contribution >= 4 is 17.5 Å². The Labute approximate surface area is 152 Å². The van der Waals surface area contributed by atoms with Crippen molar-refractivity contribution in [2.45, 2.75) is 12.5 Å². The van der Waals surface area contributed by atoms with E-state index in [0.717, 1.165) is 69.7 Å². The zero-order valence-corrected chi connectivity index (χ0v) is 14.6. The first-order valence-corrected chi connectivity index (χ1v) is 9.09. The van der Waals surface area contributed by atoms with Crippen molar-refractivity contribution in [3.63, 3.8) is 0 Å². The van der Waals surface area contributed by atoms with Crippen LogP contribution in [0.5, 0.6) is 0 Å². The predicted molar refractivity (Wildman–Crippen MR) is 98.4 cm³/mol. The normalized spacial score (nSPS) is 22.2. The van der Waals surface area contributed by atoms with Crippen LogP contribution in [0.25, 0.3) is 11.4 Å². The summed E-state index contributed by atoms with van der Waals surface area (Å²) in [5.74, 6) is 3.27. The third kappa shape index (κ3) is 2.65. The summed E-state index contributed by atoms with van der Waals surface area (Å²) >= 11 is 0. The molecule has 0 radical (unpaired) electrons.